The number of nitro benzene ring substituents is 1. The van der Waals surface area contributed by atoms with Crippen molar-refractivity contribution in [3.8, 4) is 0 Å². The molecule has 0 atom stereocenters. The number of nitrogens with one attached hydrogen (secondary N) is 1. The van der Waals surface area contributed by atoms with Crippen LogP contribution in [-0.4, -0.2) is 31.9 Å². The van der Waals surface area contributed by atoms with E-state index in [0.29, 0.717) is 30.0 Å². The number of hydrogen-bond donors (Lipinski definition) is 1. The van der Waals surface area contributed by atoms with Crippen LogP contribution in [0, 0.1) is 10.1 Å². The molecule has 0 saturated carbocycles. The van der Waals surface area contributed by atoms with Crippen molar-refractivity contribution in [2.24, 2.45) is 0 Å². The van der Waals surface area contributed by atoms with Crippen molar-refractivity contribution in [1.82, 2.24) is 20.5 Å². The summed E-state index contributed by atoms with van der Waals surface area (Å²) in [5.74, 6) is 0.564. The lowest BCUT2D eigenvalue weighted by Crippen LogP contribution is -2.06. The van der Waals surface area contributed by atoms with Crippen LogP contribution in [0.1, 0.15) is 5.82 Å². The van der Waals surface area contributed by atoms with Crippen LogP contribution in [-0.2, 0) is 6.42 Å². The third-order valence-corrected chi connectivity index (χ3v) is 2.66. The van der Waals surface area contributed by atoms with Crippen LogP contribution in [0.5, 0.6) is 0 Å². The lowest BCUT2D eigenvalue weighted by atomic mass is 10.2. The lowest BCUT2D eigenvalue weighted by molar-refractivity contribution is -0.383. The average molecular weight is 276 g/mol. The fourth-order valence-electron chi connectivity index (χ4n) is 1.76. The topological polar surface area (TPSA) is 133 Å². The van der Waals surface area contributed by atoms with Gasteiger partial charge in [0, 0.05) is 19.0 Å². The van der Waals surface area contributed by atoms with Gasteiger partial charge in [0.1, 0.15) is 0 Å². The van der Waals surface area contributed by atoms with Crippen molar-refractivity contribution in [2.75, 3.05) is 11.9 Å². The Balaban J connectivity index is 1.80. The Hall–Kier alpha value is -3.04. The predicted molar refractivity (Wildman–Crippen MR) is 65.0 cm³/mol. The number of aromatic nitrogens is 4. The second-order valence-corrected chi connectivity index (χ2v) is 3.88. The number of anilines is 1. The number of nitro groups is 1. The van der Waals surface area contributed by atoms with Crippen LogP contribution < -0.4 is 5.32 Å². The Morgan fingerprint density at radius 2 is 2.10 bits per heavy atom. The molecule has 10 heteroatoms. The van der Waals surface area contributed by atoms with Crippen molar-refractivity contribution < 1.29 is 14.1 Å². The highest BCUT2D eigenvalue weighted by molar-refractivity contribution is 5.93. The Kier molecular flexibility index (Phi) is 2.95. The molecule has 20 heavy (non-hydrogen) atoms. The van der Waals surface area contributed by atoms with Crippen LogP contribution in [0.2, 0.25) is 0 Å². The van der Waals surface area contributed by atoms with Crippen LogP contribution in [0.4, 0.5) is 11.4 Å². The molecule has 3 rings (SSSR count). The smallest absolute Gasteiger partial charge is 0.300 e. The molecule has 0 aliphatic rings. The van der Waals surface area contributed by atoms with Gasteiger partial charge in [-0.2, -0.15) is 4.98 Å². The molecule has 1 N–H and O–H groups in total. The largest absolute Gasteiger partial charge is 0.383 e. The maximum atomic E-state index is 10.8. The predicted octanol–water partition coefficient (Wildman–Crippen LogP) is 1.17. The molecule has 0 fully saturated rings. The van der Waals surface area contributed by atoms with E-state index in [-0.39, 0.29) is 11.2 Å². The molecular formula is C10H8N6O4. The second-order valence-electron chi connectivity index (χ2n) is 3.88. The highest BCUT2D eigenvalue weighted by Crippen LogP contribution is 2.28. The SMILES string of the molecule is O=[N+]([O-])c1ccc(NCCc2ncon2)c2nonc12. The van der Waals surface area contributed by atoms with Crippen molar-refractivity contribution in [1.29, 1.82) is 0 Å². The van der Waals surface area contributed by atoms with E-state index >= 15 is 0 Å². The molecular weight excluding hydrogens is 268 g/mol. The summed E-state index contributed by atoms with van der Waals surface area (Å²) in [6, 6.07) is 2.91. The first kappa shape index (κ1) is 12.0. The molecule has 102 valence electrons. The molecule has 0 saturated heterocycles. The van der Waals surface area contributed by atoms with Gasteiger partial charge in [-0.25, -0.2) is 4.63 Å². The lowest BCUT2D eigenvalue weighted by Gasteiger charge is -2.04. The maximum Gasteiger partial charge on any atom is 0.300 e. The molecule has 0 unspecified atom stereocenters. The zero-order valence-electron chi connectivity index (χ0n) is 10.0. The molecule has 1 aromatic carbocycles. The van der Waals surface area contributed by atoms with Crippen molar-refractivity contribution in [2.45, 2.75) is 6.42 Å². The minimum Gasteiger partial charge on any atom is -0.383 e. The van der Waals surface area contributed by atoms with Gasteiger partial charge in [-0.1, -0.05) is 5.16 Å². The second kappa shape index (κ2) is 4.91. The number of nitrogens with zero attached hydrogens (tertiary/aromatic N) is 5. The summed E-state index contributed by atoms with van der Waals surface area (Å²) in [6.07, 6.45) is 1.79. The summed E-state index contributed by atoms with van der Waals surface area (Å²) in [4.78, 5) is 14.2. The van der Waals surface area contributed by atoms with Crippen molar-refractivity contribution >= 4 is 22.4 Å². The zero-order valence-corrected chi connectivity index (χ0v) is 10.0. The normalized spacial score (nSPS) is 10.8. The quantitative estimate of drug-likeness (QED) is 0.538. The Morgan fingerprint density at radius 3 is 2.85 bits per heavy atom. The Bertz CT molecular complexity index is 737. The number of hydrogen-bond acceptors (Lipinski definition) is 9. The van der Waals surface area contributed by atoms with Gasteiger partial charge < -0.3 is 9.84 Å². The molecule has 0 amide bonds. The van der Waals surface area contributed by atoms with E-state index in [1.165, 1.54) is 12.5 Å². The molecule has 0 bridgehead atoms. The van der Waals surface area contributed by atoms with Gasteiger partial charge >= 0.3 is 5.69 Å². The standard InChI is InChI=1S/C10H8N6O4/c17-16(18)7-2-1-6(9-10(7)15-20-14-9)11-4-3-8-12-5-19-13-8/h1-2,5,11H,3-4H2. The number of fused-ring (bicyclic) bond motifs is 1. The highest BCUT2D eigenvalue weighted by Gasteiger charge is 2.19. The number of non-ortho nitro benzene ring substituents is 1. The van der Waals surface area contributed by atoms with E-state index in [4.69, 9.17) is 0 Å². The van der Waals surface area contributed by atoms with Gasteiger partial charge in [0.05, 0.1) is 10.6 Å². The van der Waals surface area contributed by atoms with Crippen LogP contribution in [0.25, 0.3) is 11.0 Å². The third-order valence-electron chi connectivity index (χ3n) is 2.66. The van der Waals surface area contributed by atoms with Gasteiger partial charge in [-0.15, -0.1) is 0 Å². The summed E-state index contributed by atoms with van der Waals surface area (Å²) in [6.45, 7) is 0.513. The van der Waals surface area contributed by atoms with Gasteiger partial charge in [-0.3, -0.25) is 10.1 Å². The average Bonchev–Trinajstić information content (AvgIpc) is 3.09. The van der Waals surface area contributed by atoms with Crippen molar-refractivity contribution in [3.63, 3.8) is 0 Å². The fraction of sp³-hybridized carbons (Fsp3) is 0.200. The molecule has 0 spiro atoms. The molecule has 0 aliphatic carbocycles. The number of rotatable bonds is 5. The van der Waals surface area contributed by atoms with E-state index in [0.717, 1.165) is 0 Å². The maximum absolute atomic E-state index is 10.8. The van der Waals surface area contributed by atoms with Crippen molar-refractivity contribution in [3.05, 3.63) is 34.5 Å². The first-order chi connectivity index (χ1) is 9.75. The van der Waals surface area contributed by atoms with Crippen LogP contribution in [0.3, 0.4) is 0 Å². The van der Waals surface area contributed by atoms with E-state index in [1.807, 2.05) is 0 Å². The summed E-state index contributed by atoms with van der Waals surface area (Å²) < 4.78 is 9.18. The van der Waals surface area contributed by atoms with Gasteiger partial charge in [0.25, 0.3) is 0 Å². The van der Waals surface area contributed by atoms with E-state index < -0.39 is 4.92 Å². The summed E-state index contributed by atoms with van der Waals surface area (Å²) >= 11 is 0. The highest BCUT2D eigenvalue weighted by atomic mass is 16.6. The molecule has 3 aromatic rings. The molecule has 2 aromatic heterocycles. The first-order valence-electron chi connectivity index (χ1n) is 5.64. The fourth-order valence-corrected chi connectivity index (χ4v) is 1.76. The Labute approximate surface area is 110 Å². The van der Waals surface area contributed by atoms with Crippen LogP contribution in [0.15, 0.2) is 27.7 Å². The van der Waals surface area contributed by atoms with Crippen LogP contribution >= 0.6 is 0 Å². The van der Waals surface area contributed by atoms with E-state index in [2.05, 4.69) is 34.9 Å². The number of benzene rings is 1. The van der Waals surface area contributed by atoms with E-state index in [1.54, 1.807) is 6.07 Å². The van der Waals surface area contributed by atoms with Gasteiger partial charge in [-0.05, 0) is 16.4 Å². The summed E-state index contributed by atoms with van der Waals surface area (Å²) in [5.41, 5.74) is 0.868. The Morgan fingerprint density at radius 1 is 1.25 bits per heavy atom. The van der Waals surface area contributed by atoms with Gasteiger partial charge in [0.2, 0.25) is 11.9 Å². The minimum atomic E-state index is -0.532. The first-order valence-corrected chi connectivity index (χ1v) is 5.64. The molecule has 0 radical (unpaired) electrons. The monoisotopic (exact) mass is 276 g/mol. The molecule has 2 heterocycles. The van der Waals surface area contributed by atoms with E-state index in [9.17, 15) is 10.1 Å². The summed E-state index contributed by atoms with van der Waals surface area (Å²) in [7, 11) is 0. The van der Waals surface area contributed by atoms with Gasteiger partial charge in [0.15, 0.2) is 11.3 Å². The minimum absolute atomic E-state index is 0.111. The molecule has 10 nitrogen and oxygen atoms in total. The zero-order chi connectivity index (χ0) is 13.9. The third kappa shape index (κ3) is 2.13. The summed E-state index contributed by atoms with van der Waals surface area (Å²) in [5, 5.41) is 24.8. The molecule has 0 aliphatic heterocycles.